The molecule has 1 aromatic carbocycles. The molecule has 0 bridgehead atoms. The normalized spacial score (nSPS) is 24.1. The quantitative estimate of drug-likeness (QED) is 0.851. The van der Waals surface area contributed by atoms with E-state index in [0.29, 0.717) is 16.6 Å². The lowest BCUT2D eigenvalue weighted by atomic mass is 9.87. The van der Waals surface area contributed by atoms with E-state index in [1.54, 1.807) is 6.07 Å². The number of nitrogens with zero attached hydrogens (tertiary/aromatic N) is 1. The maximum atomic E-state index is 9.11. The molecule has 0 aromatic heterocycles. The van der Waals surface area contributed by atoms with Crippen LogP contribution >= 0.6 is 11.6 Å². The zero-order valence-electron chi connectivity index (χ0n) is 10.0. The van der Waals surface area contributed by atoms with Crippen molar-refractivity contribution in [2.75, 3.05) is 5.32 Å². The van der Waals surface area contributed by atoms with Crippen LogP contribution in [0.2, 0.25) is 5.02 Å². The van der Waals surface area contributed by atoms with Crippen LogP contribution in [0.25, 0.3) is 0 Å². The highest BCUT2D eigenvalue weighted by Gasteiger charge is 2.19. The SMILES string of the molecule is CC1CCCC(Nc2cccc(Cl)c2C#N)C1. The van der Waals surface area contributed by atoms with Gasteiger partial charge in [0.1, 0.15) is 6.07 Å². The summed E-state index contributed by atoms with van der Waals surface area (Å²) in [6.07, 6.45) is 4.94. The summed E-state index contributed by atoms with van der Waals surface area (Å²) in [7, 11) is 0. The molecule has 2 unspecified atom stereocenters. The molecule has 0 aliphatic heterocycles. The maximum Gasteiger partial charge on any atom is 0.103 e. The molecule has 17 heavy (non-hydrogen) atoms. The first kappa shape index (κ1) is 12.3. The lowest BCUT2D eigenvalue weighted by molar-refractivity contribution is 0.358. The predicted molar refractivity (Wildman–Crippen MR) is 71.2 cm³/mol. The van der Waals surface area contributed by atoms with Crippen molar-refractivity contribution in [3.63, 3.8) is 0 Å². The first-order valence-corrected chi connectivity index (χ1v) is 6.53. The third-order valence-corrected chi connectivity index (χ3v) is 3.74. The Bertz CT molecular complexity index is 436. The zero-order valence-corrected chi connectivity index (χ0v) is 10.8. The van der Waals surface area contributed by atoms with Crippen molar-refractivity contribution in [3.05, 3.63) is 28.8 Å². The Kier molecular flexibility index (Phi) is 3.91. The monoisotopic (exact) mass is 248 g/mol. The summed E-state index contributed by atoms with van der Waals surface area (Å²) < 4.78 is 0. The van der Waals surface area contributed by atoms with Crippen molar-refractivity contribution in [1.29, 1.82) is 5.26 Å². The number of anilines is 1. The molecule has 1 saturated carbocycles. The lowest BCUT2D eigenvalue weighted by Gasteiger charge is -2.28. The van der Waals surface area contributed by atoms with Gasteiger partial charge in [-0.2, -0.15) is 5.26 Å². The minimum atomic E-state index is 0.476. The molecule has 90 valence electrons. The van der Waals surface area contributed by atoms with Gasteiger partial charge >= 0.3 is 0 Å². The molecular formula is C14H17ClN2. The molecule has 0 radical (unpaired) electrons. The second kappa shape index (κ2) is 5.42. The van der Waals surface area contributed by atoms with Crippen molar-refractivity contribution < 1.29 is 0 Å². The number of benzene rings is 1. The van der Waals surface area contributed by atoms with Crippen molar-refractivity contribution in [2.24, 2.45) is 5.92 Å². The number of halogens is 1. The van der Waals surface area contributed by atoms with Gasteiger partial charge in [-0.15, -0.1) is 0 Å². The molecule has 0 heterocycles. The highest BCUT2D eigenvalue weighted by atomic mass is 35.5. The van der Waals surface area contributed by atoms with Crippen LogP contribution in [0, 0.1) is 17.2 Å². The van der Waals surface area contributed by atoms with E-state index in [9.17, 15) is 0 Å². The van der Waals surface area contributed by atoms with E-state index in [1.807, 2.05) is 12.1 Å². The van der Waals surface area contributed by atoms with E-state index >= 15 is 0 Å². The molecule has 1 aliphatic rings. The van der Waals surface area contributed by atoms with Gasteiger partial charge in [-0.25, -0.2) is 0 Å². The number of nitrogens with one attached hydrogen (secondary N) is 1. The standard InChI is InChI=1S/C14H17ClN2/c1-10-4-2-5-11(8-10)17-14-7-3-6-13(15)12(14)9-16/h3,6-7,10-11,17H,2,4-5,8H2,1H3. The molecule has 1 fully saturated rings. The predicted octanol–water partition coefficient (Wildman–Crippen LogP) is 4.20. The Balaban J connectivity index is 2.13. The molecule has 0 saturated heterocycles. The first-order chi connectivity index (χ1) is 8.20. The van der Waals surface area contributed by atoms with E-state index < -0.39 is 0 Å². The number of rotatable bonds is 2. The Morgan fingerprint density at radius 3 is 2.94 bits per heavy atom. The largest absolute Gasteiger partial charge is 0.381 e. The third kappa shape index (κ3) is 2.92. The van der Waals surface area contributed by atoms with Crippen LogP contribution in [-0.4, -0.2) is 6.04 Å². The smallest absolute Gasteiger partial charge is 0.103 e. The number of nitriles is 1. The van der Waals surface area contributed by atoms with Crippen LogP contribution < -0.4 is 5.32 Å². The average Bonchev–Trinajstić information content (AvgIpc) is 2.29. The summed E-state index contributed by atoms with van der Waals surface area (Å²) in [6, 6.07) is 8.23. The Hall–Kier alpha value is -1.20. The molecule has 0 spiro atoms. The molecule has 1 aliphatic carbocycles. The van der Waals surface area contributed by atoms with Gasteiger partial charge in [0.05, 0.1) is 16.3 Å². The number of hydrogen-bond acceptors (Lipinski definition) is 2. The van der Waals surface area contributed by atoms with Gasteiger partial charge in [0.2, 0.25) is 0 Å². The molecular weight excluding hydrogens is 232 g/mol. The maximum absolute atomic E-state index is 9.11. The molecule has 1 aromatic rings. The molecule has 1 N–H and O–H groups in total. The lowest BCUT2D eigenvalue weighted by Crippen LogP contribution is -2.26. The van der Waals surface area contributed by atoms with Crippen molar-refractivity contribution in [2.45, 2.75) is 38.6 Å². The molecule has 2 rings (SSSR count). The summed E-state index contributed by atoms with van der Waals surface area (Å²) in [4.78, 5) is 0. The van der Waals surface area contributed by atoms with Gasteiger partial charge in [0.15, 0.2) is 0 Å². The third-order valence-electron chi connectivity index (χ3n) is 3.42. The second-order valence-corrected chi connectivity index (χ2v) is 5.29. The summed E-state index contributed by atoms with van der Waals surface area (Å²) in [5.41, 5.74) is 1.44. The first-order valence-electron chi connectivity index (χ1n) is 6.16. The van der Waals surface area contributed by atoms with Crippen molar-refractivity contribution in [1.82, 2.24) is 0 Å². The van der Waals surface area contributed by atoms with Gasteiger partial charge in [0, 0.05) is 6.04 Å². The van der Waals surface area contributed by atoms with Crippen LogP contribution in [0.4, 0.5) is 5.69 Å². The topological polar surface area (TPSA) is 35.8 Å². The van der Waals surface area contributed by atoms with Crippen LogP contribution in [0.15, 0.2) is 18.2 Å². The van der Waals surface area contributed by atoms with Crippen LogP contribution in [0.3, 0.4) is 0 Å². The van der Waals surface area contributed by atoms with Gasteiger partial charge < -0.3 is 5.32 Å². The van der Waals surface area contributed by atoms with E-state index in [-0.39, 0.29) is 0 Å². The van der Waals surface area contributed by atoms with E-state index in [2.05, 4.69) is 18.3 Å². The van der Waals surface area contributed by atoms with E-state index in [1.165, 1.54) is 25.7 Å². The van der Waals surface area contributed by atoms with Crippen LogP contribution in [-0.2, 0) is 0 Å². The fourth-order valence-corrected chi connectivity index (χ4v) is 2.76. The van der Waals surface area contributed by atoms with Crippen molar-refractivity contribution >= 4 is 17.3 Å². The van der Waals surface area contributed by atoms with Gasteiger partial charge in [0.25, 0.3) is 0 Å². The van der Waals surface area contributed by atoms with Crippen molar-refractivity contribution in [3.8, 4) is 6.07 Å². The molecule has 2 nitrogen and oxygen atoms in total. The summed E-state index contributed by atoms with van der Waals surface area (Å²) in [5, 5.41) is 13.1. The minimum Gasteiger partial charge on any atom is -0.381 e. The fraction of sp³-hybridized carbons (Fsp3) is 0.500. The van der Waals surface area contributed by atoms with Crippen LogP contribution in [0.1, 0.15) is 38.2 Å². The van der Waals surface area contributed by atoms with Gasteiger partial charge in [-0.1, -0.05) is 37.4 Å². The van der Waals surface area contributed by atoms with Crippen LogP contribution in [0.5, 0.6) is 0 Å². The fourth-order valence-electron chi connectivity index (χ4n) is 2.54. The Morgan fingerprint density at radius 1 is 1.41 bits per heavy atom. The summed E-state index contributed by atoms with van der Waals surface area (Å²) in [6.45, 7) is 2.29. The number of hydrogen-bond donors (Lipinski definition) is 1. The average molecular weight is 249 g/mol. The Morgan fingerprint density at radius 2 is 2.24 bits per heavy atom. The minimum absolute atomic E-state index is 0.476. The van der Waals surface area contributed by atoms with Gasteiger partial charge in [-0.3, -0.25) is 0 Å². The van der Waals surface area contributed by atoms with E-state index in [4.69, 9.17) is 16.9 Å². The Labute approximate surface area is 108 Å². The highest BCUT2D eigenvalue weighted by Crippen LogP contribution is 2.29. The second-order valence-electron chi connectivity index (χ2n) is 4.89. The van der Waals surface area contributed by atoms with Gasteiger partial charge in [-0.05, 0) is 30.9 Å². The molecule has 3 heteroatoms. The van der Waals surface area contributed by atoms with E-state index in [0.717, 1.165) is 11.6 Å². The summed E-state index contributed by atoms with van der Waals surface area (Å²) in [5.74, 6) is 0.769. The molecule has 0 amide bonds. The zero-order chi connectivity index (χ0) is 12.3. The summed E-state index contributed by atoms with van der Waals surface area (Å²) >= 11 is 6.01. The highest BCUT2D eigenvalue weighted by molar-refractivity contribution is 6.32. The molecule has 2 atom stereocenters.